The Morgan fingerprint density at radius 3 is 2.29 bits per heavy atom. The van der Waals surface area contributed by atoms with Crippen molar-refractivity contribution in [2.75, 3.05) is 26.2 Å². The van der Waals surface area contributed by atoms with Crippen molar-refractivity contribution >= 4 is 18.3 Å². The molecule has 1 unspecified atom stereocenters. The normalized spacial score (nSPS) is 22.0. The van der Waals surface area contributed by atoms with Crippen LogP contribution in [0.2, 0.25) is 0 Å². The molecule has 1 atom stereocenters. The number of carbonyl (C=O) groups excluding carboxylic acids is 2. The van der Waals surface area contributed by atoms with Crippen LogP contribution in [0.25, 0.3) is 0 Å². The van der Waals surface area contributed by atoms with Crippen LogP contribution in [-0.4, -0.2) is 65.6 Å². The van der Waals surface area contributed by atoms with Crippen LogP contribution >= 0.6 is 0 Å². The summed E-state index contributed by atoms with van der Waals surface area (Å²) in [5, 5.41) is 22.9. The van der Waals surface area contributed by atoms with Crippen molar-refractivity contribution in [1.29, 1.82) is 0 Å². The molecule has 1 aliphatic heterocycles. The second-order valence-electron chi connectivity index (χ2n) is 7.96. The molecule has 1 saturated heterocycles. The molecule has 0 radical (unpaired) electrons. The van der Waals surface area contributed by atoms with E-state index in [1.54, 1.807) is 0 Å². The summed E-state index contributed by atoms with van der Waals surface area (Å²) < 4.78 is 13.0. The van der Waals surface area contributed by atoms with Crippen molar-refractivity contribution in [2.24, 2.45) is 5.92 Å². The average Bonchev–Trinajstić information content (AvgIpc) is 3.28. The summed E-state index contributed by atoms with van der Waals surface area (Å²) in [5.41, 5.74) is 0.366. The fourth-order valence-corrected chi connectivity index (χ4v) is 4.06. The van der Waals surface area contributed by atoms with Gasteiger partial charge in [0.15, 0.2) is 6.10 Å². The van der Waals surface area contributed by atoms with Crippen LogP contribution in [-0.2, 0) is 14.4 Å². The van der Waals surface area contributed by atoms with Crippen LogP contribution in [0.3, 0.4) is 0 Å². The second kappa shape index (κ2) is 13.0. The minimum Gasteiger partial charge on any atom is -0.483 e. The molecule has 9 heteroatoms. The van der Waals surface area contributed by atoms with Gasteiger partial charge in [-0.15, -0.1) is 0 Å². The van der Waals surface area contributed by atoms with Gasteiger partial charge >= 0.3 is 0 Å². The summed E-state index contributed by atoms with van der Waals surface area (Å²) in [6.07, 6.45) is 4.07. The first kappa shape index (κ1) is 24.7. The Morgan fingerprint density at radius 2 is 1.71 bits per heavy atom. The summed E-state index contributed by atoms with van der Waals surface area (Å²) >= 11 is 0. The van der Waals surface area contributed by atoms with Gasteiger partial charge in [-0.3, -0.25) is 14.4 Å². The number of rotatable bonds is 7. The summed E-state index contributed by atoms with van der Waals surface area (Å²) in [6.45, 7) is 3.62. The summed E-state index contributed by atoms with van der Waals surface area (Å²) in [7, 11) is 0. The van der Waals surface area contributed by atoms with Crippen LogP contribution in [0.4, 0.5) is 4.39 Å². The predicted octanol–water partition coefficient (Wildman–Crippen LogP) is 1.45. The van der Waals surface area contributed by atoms with Crippen LogP contribution in [0, 0.1) is 11.7 Å². The molecule has 1 aromatic rings. The van der Waals surface area contributed by atoms with Gasteiger partial charge in [0, 0.05) is 25.0 Å². The standard InChI is InChI=1S/C21H30FN3O3.CH2O2/c22-17-7-3-15(4-8-17)19(26)21(28)24-18-9-5-16(6-10-18)20(27)23-11-14-25-12-1-2-13-25;2-1-3/h3-4,7-8,16,18-19,26H,1-2,5-6,9-14H2,(H,23,27)(H,24,28);1H,(H,2,3). The van der Waals surface area contributed by atoms with Crippen LogP contribution in [0.1, 0.15) is 50.2 Å². The topological polar surface area (TPSA) is 119 Å². The molecule has 31 heavy (non-hydrogen) atoms. The van der Waals surface area contributed by atoms with Crippen molar-refractivity contribution in [1.82, 2.24) is 15.5 Å². The van der Waals surface area contributed by atoms with E-state index >= 15 is 0 Å². The van der Waals surface area contributed by atoms with Gasteiger partial charge in [0.2, 0.25) is 5.91 Å². The smallest absolute Gasteiger partial charge is 0.290 e. The first-order valence-electron chi connectivity index (χ1n) is 10.8. The molecule has 2 amide bonds. The Labute approximate surface area is 181 Å². The number of aliphatic hydroxyl groups excluding tert-OH is 1. The van der Waals surface area contributed by atoms with Crippen molar-refractivity contribution in [3.05, 3.63) is 35.6 Å². The van der Waals surface area contributed by atoms with Gasteiger partial charge in [-0.2, -0.15) is 0 Å². The molecule has 1 aliphatic carbocycles. The Balaban J connectivity index is 0.00000107. The Kier molecular flexibility index (Phi) is 10.4. The molecule has 172 valence electrons. The van der Waals surface area contributed by atoms with E-state index < -0.39 is 17.8 Å². The van der Waals surface area contributed by atoms with Gasteiger partial charge in [0.05, 0.1) is 0 Å². The lowest BCUT2D eigenvalue weighted by Gasteiger charge is -2.29. The Bertz CT molecular complexity index is 702. The zero-order valence-electron chi connectivity index (χ0n) is 17.6. The highest BCUT2D eigenvalue weighted by molar-refractivity contribution is 5.82. The lowest BCUT2D eigenvalue weighted by atomic mass is 9.85. The quantitative estimate of drug-likeness (QED) is 0.480. The van der Waals surface area contributed by atoms with Gasteiger partial charge in [-0.25, -0.2) is 4.39 Å². The number of nitrogens with zero attached hydrogens (tertiary/aromatic N) is 1. The number of likely N-dealkylation sites (tertiary alicyclic amines) is 1. The number of halogens is 1. The third-order valence-electron chi connectivity index (χ3n) is 5.80. The van der Waals surface area contributed by atoms with E-state index in [1.807, 2.05) is 0 Å². The van der Waals surface area contributed by atoms with E-state index in [9.17, 15) is 19.1 Å². The van der Waals surface area contributed by atoms with Crippen molar-refractivity contribution in [3.63, 3.8) is 0 Å². The highest BCUT2D eigenvalue weighted by atomic mass is 19.1. The molecule has 0 aromatic heterocycles. The van der Waals surface area contributed by atoms with Gasteiger partial charge in [0.1, 0.15) is 5.82 Å². The number of carbonyl (C=O) groups is 3. The zero-order valence-corrected chi connectivity index (χ0v) is 17.6. The van der Waals surface area contributed by atoms with E-state index in [2.05, 4.69) is 15.5 Å². The minimum atomic E-state index is -1.31. The van der Waals surface area contributed by atoms with Crippen LogP contribution in [0.15, 0.2) is 24.3 Å². The van der Waals surface area contributed by atoms with E-state index in [0.29, 0.717) is 24.9 Å². The molecule has 1 saturated carbocycles. The summed E-state index contributed by atoms with van der Waals surface area (Å²) in [4.78, 5) is 35.3. The first-order chi connectivity index (χ1) is 14.9. The van der Waals surface area contributed by atoms with Crippen LogP contribution < -0.4 is 10.6 Å². The lowest BCUT2D eigenvalue weighted by molar-refractivity contribution is -0.131. The molecule has 0 bridgehead atoms. The summed E-state index contributed by atoms with van der Waals surface area (Å²) in [6, 6.07) is 5.21. The Morgan fingerprint density at radius 1 is 1.13 bits per heavy atom. The number of hydrogen-bond acceptors (Lipinski definition) is 5. The van der Waals surface area contributed by atoms with Crippen molar-refractivity contribution in [3.8, 4) is 0 Å². The molecule has 2 fully saturated rings. The molecule has 4 N–H and O–H groups in total. The number of carboxylic acid groups (broad SMARTS) is 1. The lowest BCUT2D eigenvalue weighted by Crippen LogP contribution is -2.43. The first-order valence-corrected chi connectivity index (χ1v) is 10.8. The third-order valence-corrected chi connectivity index (χ3v) is 5.80. The molecule has 0 spiro atoms. The number of benzene rings is 1. The van der Waals surface area contributed by atoms with Crippen molar-refractivity contribution < 1.29 is 29.0 Å². The van der Waals surface area contributed by atoms with E-state index in [-0.39, 0.29) is 24.3 Å². The maximum absolute atomic E-state index is 13.0. The molecule has 1 aromatic carbocycles. The van der Waals surface area contributed by atoms with E-state index in [0.717, 1.165) is 32.5 Å². The van der Waals surface area contributed by atoms with E-state index in [4.69, 9.17) is 9.90 Å². The van der Waals surface area contributed by atoms with E-state index in [1.165, 1.54) is 37.1 Å². The molecule has 8 nitrogen and oxygen atoms in total. The SMILES string of the molecule is O=C(NCCN1CCCC1)C1CCC(NC(=O)C(O)c2ccc(F)cc2)CC1.O=CO. The minimum absolute atomic E-state index is 0.00579. The highest BCUT2D eigenvalue weighted by Gasteiger charge is 2.28. The fraction of sp³-hybridized carbons (Fsp3) is 0.591. The Hall–Kier alpha value is -2.52. The maximum Gasteiger partial charge on any atom is 0.290 e. The number of hydrogen-bond donors (Lipinski definition) is 4. The number of aliphatic hydroxyl groups is 1. The molecule has 2 aliphatic rings. The predicted molar refractivity (Wildman–Crippen MR) is 113 cm³/mol. The molecule has 1 heterocycles. The second-order valence-corrected chi connectivity index (χ2v) is 7.96. The molecular formula is C22H32FN3O5. The monoisotopic (exact) mass is 437 g/mol. The van der Waals surface area contributed by atoms with Gasteiger partial charge in [0.25, 0.3) is 12.4 Å². The average molecular weight is 438 g/mol. The molecular weight excluding hydrogens is 405 g/mol. The van der Waals surface area contributed by atoms with Gasteiger partial charge in [-0.1, -0.05) is 12.1 Å². The van der Waals surface area contributed by atoms with Crippen LogP contribution in [0.5, 0.6) is 0 Å². The number of amides is 2. The fourth-order valence-electron chi connectivity index (χ4n) is 4.06. The van der Waals surface area contributed by atoms with Gasteiger partial charge < -0.3 is 25.7 Å². The highest BCUT2D eigenvalue weighted by Crippen LogP contribution is 2.25. The maximum atomic E-state index is 13.0. The third kappa shape index (κ3) is 8.26. The zero-order chi connectivity index (χ0) is 22.6. The number of nitrogens with one attached hydrogen (secondary N) is 2. The molecule has 3 rings (SSSR count). The largest absolute Gasteiger partial charge is 0.483 e. The van der Waals surface area contributed by atoms with Crippen molar-refractivity contribution in [2.45, 2.75) is 50.7 Å². The van der Waals surface area contributed by atoms with Gasteiger partial charge in [-0.05, 0) is 69.3 Å². The summed E-state index contributed by atoms with van der Waals surface area (Å²) in [5.74, 6) is -0.789.